The number of carbonyl (C=O) groups excluding carboxylic acids is 3. The molecular weight excluding hydrogens is 292 g/mol. The zero-order valence-electron chi connectivity index (χ0n) is 13.1. The molecule has 0 atom stereocenters. The van der Waals surface area contributed by atoms with Gasteiger partial charge in [0.15, 0.2) is 11.6 Å². The fraction of sp³-hybridized carbons (Fsp3) is 0.167. The molecule has 1 amide bonds. The van der Waals surface area contributed by atoms with Crippen LogP contribution >= 0.6 is 0 Å². The van der Waals surface area contributed by atoms with Crippen LogP contribution in [-0.2, 0) is 4.79 Å². The van der Waals surface area contributed by atoms with Crippen LogP contribution in [0.1, 0.15) is 34.6 Å². The van der Waals surface area contributed by atoms with E-state index in [0.29, 0.717) is 22.5 Å². The van der Waals surface area contributed by atoms with Crippen LogP contribution in [-0.4, -0.2) is 24.0 Å². The summed E-state index contributed by atoms with van der Waals surface area (Å²) in [6.45, 7) is 2.98. The van der Waals surface area contributed by atoms with E-state index in [1.165, 1.54) is 13.8 Å². The number of hydrogen-bond acceptors (Lipinski definition) is 4. The summed E-state index contributed by atoms with van der Waals surface area (Å²) in [5.74, 6) is -0.413. The van der Waals surface area contributed by atoms with Crippen LogP contribution in [0.4, 0.5) is 11.4 Å². The van der Waals surface area contributed by atoms with Gasteiger partial charge < -0.3 is 10.6 Å². The van der Waals surface area contributed by atoms with Gasteiger partial charge in [-0.05, 0) is 38.1 Å². The average Bonchev–Trinajstić information content (AvgIpc) is 2.53. The Kier molecular flexibility index (Phi) is 5.25. The van der Waals surface area contributed by atoms with Crippen molar-refractivity contribution in [3.8, 4) is 0 Å². The Hall–Kier alpha value is -2.95. The number of hydrogen-bond donors (Lipinski definition) is 2. The summed E-state index contributed by atoms with van der Waals surface area (Å²) in [5.41, 5.74) is 2.23. The molecule has 23 heavy (non-hydrogen) atoms. The monoisotopic (exact) mass is 310 g/mol. The lowest BCUT2D eigenvalue weighted by Crippen LogP contribution is -2.22. The Balaban J connectivity index is 2.00. The minimum atomic E-state index is -0.271. The van der Waals surface area contributed by atoms with Gasteiger partial charge in [-0.2, -0.15) is 0 Å². The second-order valence-corrected chi connectivity index (χ2v) is 5.14. The Bertz CT molecular complexity index is 753. The van der Waals surface area contributed by atoms with Crippen molar-refractivity contribution in [3.05, 3.63) is 59.7 Å². The summed E-state index contributed by atoms with van der Waals surface area (Å²) < 4.78 is 0. The first-order chi connectivity index (χ1) is 11.0. The van der Waals surface area contributed by atoms with Gasteiger partial charge in [0, 0.05) is 16.8 Å². The molecule has 0 bridgehead atoms. The largest absolute Gasteiger partial charge is 0.376 e. The second kappa shape index (κ2) is 7.35. The fourth-order valence-corrected chi connectivity index (χ4v) is 2.12. The molecule has 5 heteroatoms. The summed E-state index contributed by atoms with van der Waals surface area (Å²) in [6.07, 6.45) is 0. The number of rotatable bonds is 6. The predicted octanol–water partition coefficient (Wildman–Crippen LogP) is 3.14. The molecule has 0 fully saturated rings. The number of amides is 1. The second-order valence-electron chi connectivity index (χ2n) is 5.14. The molecule has 2 N–H and O–H groups in total. The zero-order valence-corrected chi connectivity index (χ0v) is 13.1. The van der Waals surface area contributed by atoms with E-state index in [1.54, 1.807) is 48.5 Å². The van der Waals surface area contributed by atoms with Gasteiger partial charge in [-0.15, -0.1) is 0 Å². The summed E-state index contributed by atoms with van der Waals surface area (Å²) in [6, 6.07) is 13.8. The third-order valence-corrected chi connectivity index (χ3v) is 3.30. The van der Waals surface area contributed by atoms with Gasteiger partial charge in [-0.1, -0.05) is 24.3 Å². The molecule has 0 aliphatic rings. The molecule has 0 aromatic heterocycles. The van der Waals surface area contributed by atoms with E-state index in [9.17, 15) is 14.4 Å². The molecule has 2 aromatic rings. The first-order valence-electron chi connectivity index (χ1n) is 7.22. The van der Waals surface area contributed by atoms with Crippen LogP contribution in [0.3, 0.4) is 0 Å². The quantitative estimate of drug-likeness (QED) is 0.804. The van der Waals surface area contributed by atoms with Crippen molar-refractivity contribution in [1.29, 1.82) is 0 Å². The molecule has 2 rings (SSSR count). The van der Waals surface area contributed by atoms with E-state index in [0.717, 1.165) is 0 Å². The minimum Gasteiger partial charge on any atom is -0.376 e. The maximum atomic E-state index is 12.0. The zero-order chi connectivity index (χ0) is 16.8. The van der Waals surface area contributed by atoms with E-state index in [4.69, 9.17) is 0 Å². The molecule has 2 aromatic carbocycles. The molecule has 0 spiro atoms. The van der Waals surface area contributed by atoms with Crippen LogP contribution in [0.5, 0.6) is 0 Å². The van der Waals surface area contributed by atoms with Crippen LogP contribution in [0.15, 0.2) is 48.5 Å². The number of nitrogens with one attached hydrogen (secondary N) is 2. The van der Waals surface area contributed by atoms with Crippen molar-refractivity contribution < 1.29 is 14.4 Å². The average molecular weight is 310 g/mol. The van der Waals surface area contributed by atoms with Crippen molar-refractivity contribution in [2.24, 2.45) is 0 Å². The number of benzene rings is 2. The molecule has 118 valence electrons. The number of para-hydroxylation sites is 1. The highest BCUT2D eigenvalue weighted by Crippen LogP contribution is 2.16. The molecule has 0 saturated heterocycles. The number of carbonyl (C=O) groups is 3. The lowest BCUT2D eigenvalue weighted by Gasteiger charge is -2.10. The Labute approximate surface area is 134 Å². The topological polar surface area (TPSA) is 75.3 Å². The van der Waals surface area contributed by atoms with Gasteiger partial charge in [0.1, 0.15) is 0 Å². The minimum absolute atomic E-state index is 0.0338. The Morgan fingerprint density at radius 3 is 2.35 bits per heavy atom. The standard InChI is InChI=1S/C18H18N2O3/c1-12(21)14-6-5-7-15(10-14)19-11-18(23)20-17-9-4-3-8-16(17)13(2)22/h3-10,19H,11H2,1-2H3,(H,20,23). The van der Waals surface area contributed by atoms with Crippen molar-refractivity contribution >= 4 is 28.8 Å². The normalized spacial score (nSPS) is 10.0. The summed E-state index contributed by atoms with van der Waals surface area (Å²) >= 11 is 0. The third-order valence-electron chi connectivity index (χ3n) is 3.30. The van der Waals surface area contributed by atoms with Gasteiger partial charge in [-0.3, -0.25) is 14.4 Å². The maximum absolute atomic E-state index is 12.0. The molecule has 0 saturated carbocycles. The predicted molar refractivity (Wildman–Crippen MR) is 90.0 cm³/mol. The van der Waals surface area contributed by atoms with Crippen molar-refractivity contribution in [2.75, 3.05) is 17.2 Å². The highest BCUT2D eigenvalue weighted by molar-refractivity contribution is 6.04. The molecule has 0 unspecified atom stereocenters. The molecule has 5 nitrogen and oxygen atoms in total. The molecule has 0 aliphatic carbocycles. The highest BCUT2D eigenvalue weighted by Gasteiger charge is 2.09. The van der Waals surface area contributed by atoms with Crippen LogP contribution in [0.25, 0.3) is 0 Å². The molecular formula is C18H18N2O3. The number of ketones is 2. The summed E-state index contributed by atoms with van der Waals surface area (Å²) in [4.78, 5) is 34.9. The lowest BCUT2D eigenvalue weighted by atomic mass is 10.1. The van der Waals surface area contributed by atoms with Gasteiger partial charge >= 0.3 is 0 Å². The summed E-state index contributed by atoms with van der Waals surface area (Å²) in [7, 11) is 0. The van der Waals surface area contributed by atoms with E-state index in [-0.39, 0.29) is 24.0 Å². The van der Waals surface area contributed by atoms with Gasteiger partial charge in [0.25, 0.3) is 0 Å². The summed E-state index contributed by atoms with van der Waals surface area (Å²) in [5, 5.41) is 5.67. The van der Waals surface area contributed by atoms with Gasteiger partial charge in [0.05, 0.1) is 12.2 Å². The number of anilines is 2. The molecule has 0 radical (unpaired) electrons. The van der Waals surface area contributed by atoms with E-state index < -0.39 is 0 Å². The lowest BCUT2D eigenvalue weighted by molar-refractivity contribution is -0.114. The van der Waals surface area contributed by atoms with Crippen molar-refractivity contribution in [2.45, 2.75) is 13.8 Å². The van der Waals surface area contributed by atoms with Gasteiger partial charge in [0.2, 0.25) is 5.91 Å². The first-order valence-corrected chi connectivity index (χ1v) is 7.22. The number of Topliss-reactive ketones (excluding diaryl/α,β-unsaturated/α-hetero) is 2. The third kappa shape index (κ3) is 4.51. The van der Waals surface area contributed by atoms with Crippen molar-refractivity contribution in [3.63, 3.8) is 0 Å². The van der Waals surface area contributed by atoms with Crippen LogP contribution in [0.2, 0.25) is 0 Å². The highest BCUT2D eigenvalue weighted by atomic mass is 16.2. The first kappa shape index (κ1) is 16.4. The van der Waals surface area contributed by atoms with Gasteiger partial charge in [-0.25, -0.2) is 0 Å². The molecule has 0 heterocycles. The smallest absolute Gasteiger partial charge is 0.243 e. The SMILES string of the molecule is CC(=O)c1cccc(NCC(=O)Nc2ccccc2C(C)=O)c1. The fourth-order valence-electron chi connectivity index (χ4n) is 2.12. The molecule has 0 aliphatic heterocycles. The maximum Gasteiger partial charge on any atom is 0.243 e. The van der Waals surface area contributed by atoms with Crippen LogP contribution < -0.4 is 10.6 Å². The Morgan fingerprint density at radius 1 is 0.913 bits per heavy atom. The van der Waals surface area contributed by atoms with E-state index >= 15 is 0 Å². The Morgan fingerprint density at radius 2 is 1.65 bits per heavy atom. The van der Waals surface area contributed by atoms with Crippen LogP contribution in [0, 0.1) is 0 Å². The van der Waals surface area contributed by atoms with Crippen molar-refractivity contribution in [1.82, 2.24) is 0 Å². The van der Waals surface area contributed by atoms with E-state index in [2.05, 4.69) is 10.6 Å². The van der Waals surface area contributed by atoms with E-state index in [1.807, 2.05) is 0 Å².